The monoisotopic (exact) mass is 753 g/mol. The molecule has 2 atom stereocenters. The van der Waals surface area contributed by atoms with Gasteiger partial charge >= 0.3 is 18.2 Å². The van der Waals surface area contributed by atoms with Crippen molar-refractivity contribution >= 4 is 34.5 Å². The van der Waals surface area contributed by atoms with Crippen LogP contribution in [0, 0.1) is 11.3 Å². The van der Waals surface area contributed by atoms with Gasteiger partial charge < -0.3 is 28.9 Å². The summed E-state index contributed by atoms with van der Waals surface area (Å²) in [6.45, 7) is 6.26. The van der Waals surface area contributed by atoms with Gasteiger partial charge in [0.2, 0.25) is 0 Å². The van der Waals surface area contributed by atoms with Gasteiger partial charge in [0.25, 0.3) is 5.92 Å². The minimum Gasteiger partial charge on any atom is -0.461 e. The lowest BCUT2D eigenvalue weighted by molar-refractivity contribution is -0.00277. The number of rotatable bonds is 8. The number of carbonyl (C=O) groups excluding carboxylic acids is 2. The number of alkyl halides is 2. The number of aromatic nitrogens is 2. The van der Waals surface area contributed by atoms with E-state index < -0.39 is 48.8 Å². The highest BCUT2D eigenvalue weighted by atomic mass is 19.3. The normalized spacial score (nSPS) is 19.5. The number of piperazine rings is 1. The van der Waals surface area contributed by atoms with Crippen LogP contribution in [0.5, 0.6) is 6.01 Å². The average Bonchev–Trinajstić information content (AvgIpc) is 3.49. The summed E-state index contributed by atoms with van der Waals surface area (Å²) >= 11 is 0. The number of hydrogen-bond donors (Lipinski definition) is 0. The van der Waals surface area contributed by atoms with E-state index in [2.05, 4.69) is 35.2 Å². The van der Waals surface area contributed by atoms with Crippen molar-refractivity contribution in [1.29, 1.82) is 5.26 Å². The van der Waals surface area contributed by atoms with Crippen LogP contribution in [0.25, 0.3) is 10.8 Å². The van der Waals surface area contributed by atoms with Crippen LogP contribution in [0.3, 0.4) is 0 Å². The van der Waals surface area contributed by atoms with Gasteiger partial charge in [-0.05, 0) is 44.2 Å². The van der Waals surface area contributed by atoms with Crippen molar-refractivity contribution in [3.8, 4) is 12.1 Å². The fourth-order valence-electron chi connectivity index (χ4n) is 7.53. The Morgan fingerprint density at radius 2 is 1.67 bits per heavy atom. The van der Waals surface area contributed by atoms with Gasteiger partial charge in [0.05, 0.1) is 43.4 Å². The first-order valence-electron chi connectivity index (χ1n) is 18.6. The number of anilines is 2. The molecule has 0 radical (unpaired) electrons. The molecule has 0 saturated carbocycles. The second-order valence-corrected chi connectivity index (χ2v) is 15.3. The molecule has 14 heteroatoms. The van der Waals surface area contributed by atoms with E-state index in [4.69, 9.17) is 24.2 Å². The molecule has 1 aromatic heterocycles. The zero-order valence-corrected chi connectivity index (χ0v) is 31.3. The van der Waals surface area contributed by atoms with Crippen molar-refractivity contribution in [2.24, 2.45) is 0 Å². The molecule has 12 nitrogen and oxygen atoms in total. The number of amides is 2. The van der Waals surface area contributed by atoms with Crippen molar-refractivity contribution in [3.05, 3.63) is 89.6 Å². The third kappa shape index (κ3) is 8.66. The van der Waals surface area contributed by atoms with Crippen LogP contribution in [0.4, 0.5) is 29.9 Å². The van der Waals surface area contributed by atoms with Crippen LogP contribution in [0.2, 0.25) is 0 Å². The molecule has 55 heavy (non-hydrogen) atoms. The lowest BCUT2D eigenvalue weighted by Crippen LogP contribution is -2.55. The predicted octanol–water partition coefficient (Wildman–Crippen LogP) is 6.96. The van der Waals surface area contributed by atoms with Crippen LogP contribution >= 0.6 is 0 Å². The summed E-state index contributed by atoms with van der Waals surface area (Å²) < 4.78 is 46.7. The highest BCUT2D eigenvalue weighted by molar-refractivity contribution is 5.94. The number of fused-ring (bicyclic) bond motifs is 2. The second-order valence-electron chi connectivity index (χ2n) is 15.3. The molecule has 0 bridgehead atoms. The zero-order valence-electron chi connectivity index (χ0n) is 31.3. The Kier molecular flexibility index (Phi) is 10.6. The molecule has 0 unspecified atom stereocenters. The van der Waals surface area contributed by atoms with Crippen molar-refractivity contribution in [1.82, 2.24) is 19.8 Å². The van der Waals surface area contributed by atoms with E-state index in [9.17, 15) is 23.6 Å². The minimum atomic E-state index is -3.11. The lowest BCUT2D eigenvalue weighted by atomic mass is 10.0. The van der Waals surface area contributed by atoms with Crippen LogP contribution in [-0.2, 0) is 29.0 Å². The highest BCUT2D eigenvalue weighted by Crippen LogP contribution is 2.36. The molecule has 4 aromatic rings. The quantitative estimate of drug-likeness (QED) is 0.187. The maximum absolute atomic E-state index is 14.7. The molecule has 4 heterocycles. The van der Waals surface area contributed by atoms with Gasteiger partial charge in [-0.25, -0.2) is 18.4 Å². The van der Waals surface area contributed by atoms with E-state index in [0.29, 0.717) is 45.0 Å². The molecule has 3 aliphatic heterocycles. The fourth-order valence-corrected chi connectivity index (χ4v) is 7.53. The average molecular weight is 754 g/mol. The number of likely N-dealkylation sites (tertiary alicyclic amines) is 1. The first-order chi connectivity index (χ1) is 26.4. The standard InChI is InChI=1S/C41H45F2N7O5/c1-40(2,3)55-39(52)50-27-41(42,43)22-31(50)26-53-37-45-34-24-47(35-15-9-13-29-12-7-8-14-32(29)35)19-17-33(34)36(46-37)48-20-21-49(30(23-48)16-18-44)38(51)54-25-28-10-5-4-6-11-28/h4-15,30-31H,16-17,19-27H2,1-3H3/t30-,31-/m0/s1. The molecule has 2 fully saturated rings. The molecule has 0 N–H and O–H groups in total. The maximum atomic E-state index is 14.7. The topological polar surface area (TPSA) is 124 Å². The summed E-state index contributed by atoms with van der Waals surface area (Å²) in [6, 6.07) is 24.5. The van der Waals surface area contributed by atoms with Gasteiger partial charge in [0, 0.05) is 49.2 Å². The summed E-state index contributed by atoms with van der Waals surface area (Å²) in [5.41, 5.74) is 2.70. The Hall–Kier alpha value is -5.71. The number of benzene rings is 3. The van der Waals surface area contributed by atoms with Crippen molar-refractivity contribution < 1.29 is 32.6 Å². The Bertz CT molecular complexity index is 2070. The van der Waals surface area contributed by atoms with Crippen molar-refractivity contribution in [3.63, 3.8) is 0 Å². The van der Waals surface area contributed by atoms with E-state index in [1.165, 1.54) is 0 Å². The van der Waals surface area contributed by atoms with Crippen LogP contribution in [0.1, 0.15) is 50.4 Å². The zero-order chi connectivity index (χ0) is 38.7. The Morgan fingerprint density at radius 1 is 0.909 bits per heavy atom. The second kappa shape index (κ2) is 15.6. The summed E-state index contributed by atoms with van der Waals surface area (Å²) in [6.07, 6.45) is -1.22. The van der Waals surface area contributed by atoms with Crippen molar-refractivity contribution in [2.75, 3.05) is 49.1 Å². The Labute approximate surface area is 319 Å². The first kappa shape index (κ1) is 37.6. The molecule has 2 amide bonds. The smallest absolute Gasteiger partial charge is 0.410 e. The molecule has 0 aliphatic carbocycles. The molecule has 7 rings (SSSR count). The maximum Gasteiger partial charge on any atom is 0.410 e. The van der Waals surface area contributed by atoms with Crippen LogP contribution in [0.15, 0.2) is 72.8 Å². The van der Waals surface area contributed by atoms with Gasteiger partial charge in [-0.15, -0.1) is 0 Å². The van der Waals surface area contributed by atoms with Gasteiger partial charge in [-0.3, -0.25) is 4.90 Å². The summed E-state index contributed by atoms with van der Waals surface area (Å²) in [4.78, 5) is 42.9. The number of halogens is 2. The Morgan fingerprint density at radius 3 is 2.45 bits per heavy atom. The molecular formula is C41H45F2N7O5. The summed E-state index contributed by atoms with van der Waals surface area (Å²) in [7, 11) is 0. The highest BCUT2D eigenvalue weighted by Gasteiger charge is 2.48. The molecule has 0 spiro atoms. The van der Waals surface area contributed by atoms with Gasteiger partial charge in [-0.1, -0.05) is 66.7 Å². The summed E-state index contributed by atoms with van der Waals surface area (Å²) in [5, 5.41) is 12.0. The van der Waals surface area contributed by atoms with Crippen LogP contribution in [-0.4, -0.2) is 94.9 Å². The van der Waals surface area contributed by atoms with E-state index in [1.54, 1.807) is 25.7 Å². The largest absolute Gasteiger partial charge is 0.461 e. The molecule has 2 saturated heterocycles. The van der Waals surface area contributed by atoms with E-state index in [1.807, 2.05) is 53.4 Å². The first-order valence-corrected chi connectivity index (χ1v) is 18.6. The Balaban J connectivity index is 1.16. The lowest BCUT2D eigenvalue weighted by Gasteiger charge is -2.42. The number of nitrogens with zero attached hydrogens (tertiary/aromatic N) is 7. The molecular weight excluding hydrogens is 708 g/mol. The number of ether oxygens (including phenoxy) is 3. The number of hydrogen-bond acceptors (Lipinski definition) is 10. The third-order valence-corrected chi connectivity index (χ3v) is 10.1. The number of nitriles is 1. The molecule has 288 valence electrons. The van der Waals surface area contributed by atoms with E-state index in [0.717, 1.165) is 38.2 Å². The SMILES string of the molecule is CC(C)(C)OC(=O)N1CC(F)(F)C[C@H]1COc1nc2c(c(N3CCN(C(=O)OCc4ccccc4)[C@@H](CC#N)C3)n1)CCN(c1cccc3ccccc13)C2. The van der Waals surface area contributed by atoms with E-state index in [-0.39, 0.29) is 25.6 Å². The molecule has 3 aromatic carbocycles. The number of carbonyl (C=O) groups is 2. The summed E-state index contributed by atoms with van der Waals surface area (Å²) in [5.74, 6) is -2.50. The van der Waals surface area contributed by atoms with Crippen LogP contribution < -0.4 is 14.5 Å². The third-order valence-electron chi connectivity index (χ3n) is 10.1. The predicted molar refractivity (Wildman–Crippen MR) is 202 cm³/mol. The van der Waals surface area contributed by atoms with Gasteiger partial charge in [0.1, 0.15) is 24.6 Å². The molecule has 3 aliphatic rings. The van der Waals surface area contributed by atoms with Gasteiger partial charge in [0.15, 0.2) is 0 Å². The van der Waals surface area contributed by atoms with Gasteiger partial charge in [-0.2, -0.15) is 15.2 Å². The minimum absolute atomic E-state index is 0.00518. The van der Waals surface area contributed by atoms with E-state index >= 15 is 0 Å². The van der Waals surface area contributed by atoms with Crippen molar-refractivity contribution in [2.45, 2.75) is 76.8 Å². The fraction of sp³-hybridized carbons (Fsp3) is 0.439.